The first-order chi connectivity index (χ1) is 15.4. The van der Waals surface area contributed by atoms with E-state index >= 15 is 0 Å². The summed E-state index contributed by atoms with van der Waals surface area (Å²) >= 11 is 0. The molecular formula is C24H18N2O6. The number of hydrogen-bond acceptors (Lipinski definition) is 6. The third kappa shape index (κ3) is 3.69. The number of carbonyl (C=O) groups excluding carboxylic acids is 2. The Balaban J connectivity index is 1.84. The second-order valence-corrected chi connectivity index (χ2v) is 6.94. The molecule has 1 aliphatic rings. The Kier molecular flexibility index (Phi) is 5.43. The number of hydrogen-bond donors (Lipinski definition) is 2. The third-order valence-corrected chi connectivity index (χ3v) is 4.98. The molecule has 0 saturated carbocycles. The van der Waals surface area contributed by atoms with Crippen LogP contribution in [-0.4, -0.2) is 33.0 Å². The lowest BCUT2D eigenvalue weighted by Crippen LogP contribution is -2.30. The smallest absolute Gasteiger partial charge is 0.338 e. The normalized spacial score (nSPS) is 13.8. The Hall–Kier alpha value is -4.46. The van der Waals surface area contributed by atoms with Crippen molar-refractivity contribution in [3.05, 3.63) is 97.7 Å². The summed E-state index contributed by atoms with van der Waals surface area (Å²) in [6, 6.07) is 12.9. The Morgan fingerprint density at radius 3 is 2.50 bits per heavy atom. The number of esters is 1. The van der Waals surface area contributed by atoms with Crippen molar-refractivity contribution in [2.75, 3.05) is 6.61 Å². The topological polar surface area (TPSA) is 118 Å². The van der Waals surface area contributed by atoms with Crippen molar-refractivity contribution in [1.29, 1.82) is 0 Å². The van der Waals surface area contributed by atoms with Crippen LogP contribution in [0.25, 0.3) is 23.4 Å². The fourth-order valence-corrected chi connectivity index (χ4v) is 3.44. The molecule has 0 atom stereocenters. The number of aromatic hydroxyl groups is 1. The zero-order chi connectivity index (χ0) is 22.8. The summed E-state index contributed by atoms with van der Waals surface area (Å²) in [4.78, 5) is 51.4. The summed E-state index contributed by atoms with van der Waals surface area (Å²) < 4.78 is 5.82. The van der Waals surface area contributed by atoms with Gasteiger partial charge in [-0.3, -0.25) is 14.6 Å². The number of rotatable bonds is 4. The van der Waals surface area contributed by atoms with Gasteiger partial charge in [-0.15, -0.1) is 0 Å². The van der Waals surface area contributed by atoms with Crippen molar-refractivity contribution in [3.63, 3.8) is 0 Å². The molecule has 8 heteroatoms. The zero-order valence-electron chi connectivity index (χ0n) is 17.0. The van der Waals surface area contributed by atoms with Gasteiger partial charge in [0, 0.05) is 5.57 Å². The molecule has 0 amide bonds. The van der Waals surface area contributed by atoms with Gasteiger partial charge in [0.2, 0.25) is 5.88 Å². The molecule has 2 N–H and O–H groups in total. The van der Waals surface area contributed by atoms with Crippen molar-refractivity contribution in [3.8, 4) is 11.6 Å². The first-order valence-electron chi connectivity index (χ1n) is 9.80. The number of aromatic amines is 1. The first kappa shape index (κ1) is 20.8. The molecule has 0 spiro atoms. The molecule has 1 aromatic heterocycles. The lowest BCUT2D eigenvalue weighted by Gasteiger charge is -2.14. The third-order valence-electron chi connectivity index (χ3n) is 4.98. The van der Waals surface area contributed by atoms with Crippen LogP contribution in [0.3, 0.4) is 0 Å². The molecule has 32 heavy (non-hydrogen) atoms. The number of ketones is 1. The number of benzene rings is 2. The van der Waals surface area contributed by atoms with E-state index in [1.54, 1.807) is 25.1 Å². The van der Waals surface area contributed by atoms with Crippen LogP contribution >= 0.6 is 0 Å². The zero-order valence-corrected chi connectivity index (χ0v) is 17.0. The molecule has 0 bridgehead atoms. The molecule has 0 fully saturated rings. The van der Waals surface area contributed by atoms with Gasteiger partial charge in [-0.05, 0) is 54.5 Å². The average molecular weight is 430 g/mol. The quantitative estimate of drug-likeness (QED) is 0.485. The van der Waals surface area contributed by atoms with E-state index in [9.17, 15) is 24.3 Å². The summed E-state index contributed by atoms with van der Waals surface area (Å²) in [6.07, 6.45) is 4.32. The second kappa shape index (κ2) is 8.35. The van der Waals surface area contributed by atoms with Gasteiger partial charge in [0.1, 0.15) is 5.56 Å². The van der Waals surface area contributed by atoms with Gasteiger partial charge in [0.05, 0.1) is 17.9 Å². The van der Waals surface area contributed by atoms with E-state index < -0.39 is 23.1 Å². The van der Waals surface area contributed by atoms with Gasteiger partial charge < -0.3 is 9.84 Å². The second-order valence-electron chi connectivity index (χ2n) is 6.94. The average Bonchev–Trinajstić information content (AvgIpc) is 2.78. The van der Waals surface area contributed by atoms with Crippen molar-refractivity contribution in [1.82, 2.24) is 9.55 Å². The van der Waals surface area contributed by atoms with Crippen LogP contribution in [0, 0.1) is 0 Å². The minimum Gasteiger partial charge on any atom is -0.494 e. The predicted octanol–water partition coefficient (Wildman–Crippen LogP) is 2.54. The Morgan fingerprint density at radius 2 is 1.78 bits per heavy atom. The standard InChI is InChI=1S/C24H18N2O6/c1-2-32-23(30)15-7-10-16(11-8-15)26-22(29)19(21(28)25-24(26)31)13-18-17-6-4-3-5-14(17)9-12-20(18)27/h3-13,29H,2H2,1H3,(H,25,28,31). The van der Waals surface area contributed by atoms with Gasteiger partial charge in [0.25, 0.3) is 5.56 Å². The highest BCUT2D eigenvalue weighted by Crippen LogP contribution is 2.29. The highest BCUT2D eigenvalue weighted by Gasteiger charge is 2.20. The maximum atomic E-state index is 12.5. The molecular weight excluding hydrogens is 412 g/mol. The Morgan fingerprint density at radius 1 is 1.06 bits per heavy atom. The fourth-order valence-electron chi connectivity index (χ4n) is 3.44. The van der Waals surface area contributed by atoms with Gasteiger partial charge >= 0.3 is 11.7 Å². The summed E-state index contributed by atoms with van der Waals surface area (Å²) in [7, 11) is 0. The van der Waals surface area contributed by atoms with Crippen molar-refractivity contribution in [2.24, 2.45) is 0 Å². The SMILES string of the molecule is CCOC(=O)c1ccc(-n2c(O)c(C=C3C(=O)C=Cc4ccccc43)c(=O)[nH]c2=O)cc1. The van der Waals surface area contributed by atoms with Crippen LogP contribution in [0.15, 0.2) is 64.2 Å². The van der Waals surface area contributed by atoms with E-state index in [4.69, 9.17) is 4.74 Å². The largest absolute Gasteiger partial charge is 0.494 e. The lowest BCUT2D eigenvalue weighted by molar-refractivity contribution is -0.109. The Bertz CT molecular complexity index is 1410. The highest BCUT2D eigenvalue weighted by atomic mass is 16.5. The molecule has 0 radical (unpaired) electrons. The van der Waals surface area contributed by atoms with E-state index in [1.807, 2.05) is 12.1 Å². The summed E-state index contributed by atoms with van der Waals surface area (Å²) in [5.74, 6) is -1.49. The number of allylic oxidation sites excluding steroid dienone is 2. The van der Waals surface area contributed by atoms with Crippen LogP contribution in [0.1, 0.15) is 34.0 Å². The van der Waals surface area contributed by atoms with Crippen molar-refractivity contribution >= 4 is 29.5 Å². The van der Waals surface area contributed by atoms with E-state index in [0.29, 0.717) is 5.56 Å². The molecule has 0 unspecified atom stereocenters. The number of carbonyl (C=O) groups is 2. The number of ether oxygens (including phenoxy) is 1. The molecule has 1 heterocycles. The summed E-state index contributed by atoms with van der Waals surface area (Å²) in [5, 5.41) is 10.8. The molecule has 4 rings (SSSR count). The van der Waals surface area contributed by atoms with E-state index in [1.165, 1.54) is 36.4 Å². The van der Waals surface area contributed by atoms with Gasteiger partial charge in [-0.1, -0.05) is 30.3 Å². The van der Waals surface area contributed by atoms with E-state index in [0.717, 1.165) is 10.1 Å². The van der Waals surface area contributed by atoms with Gasteiger partial charge in [-0.2, -0.15) is 0 Å². The summed E-state index contributed by atoms with van der Waals surface area (Å²) in [5.41, 5.74) is 0.151. The number of nitrogens with one attached hydrogen (secondary N) is 1. The first-order valence-corrected chi connectivity index (χ1v) is 9.80. The molecule has 160 valence electrons. The maximum absolute atomic E-state index is 12.5. The van der Waals surface area contributed by atoms with Crippen LogP contribution < -0.4 is 11.2 Å². The number of nitrogens with zero attached hydrogens (tertiary/aromatic N) is 1. The molecule has 3 aromatic rings. The minimum atomic E-state index is -0.867. The van der Waals surface area contributed by atoms with Gasteiger partial charge in [0.15, 0.2) is 5.78 Å². The monoisotopic (exact) mass is 430 g/mol. The van der Waals surface area contributed by atoms with Crippen LogP contribution in [0.4, 0.5) is 0 Å². The molecule has 8 nitrogen and oxygen atoms in total. The molecule has 1 aliphatic carbocycles. The van der Waals surface area contributed by atoms with Gasteiger partial charge in [-0.25, -0.2) is 14.2 Å². The number of fused-ring (bicyclic) bond motifs is 1. The Labute approximate surface area is 181 Å². The van der Waals surface area contributed by atoms with Crippen molar-refractivity contribution < 1.29 is 19.4 Å². The van der Waals surface area contributed by atoms with E-state index in [2.05, 4.69) is 4.98 Å². The number of aromatic nitrogens is 2. The molecule has 0 saturated heterocycles. The van der Waals surface area contributed by atoms with E-state index in [-0.39, 0.29) is 34.8 Å². The predicted molar refractivity (Wildman–Crippen MR) is 119 cm³/mol. The van der Waals surface area contributed by atoms with Crippen LogP contribution in [-0.2, 0) is 9.53 Å². The van der Waals surface area contributed by atoms with Crippen LogP contribution in [0.2, 0.25) is 0 Å². The lowest BCUT2D eigenvalue weighted by atomic mass is 9.90. The molecule has 0 aliphatic heterocycles. The van der Waals surface area contributed by atoms with Crippen molar-refractivity contribution in [2.45, 2.75) is 6.92 Å². The summed E-state index contributed by atoms with van der Waals surface area (Å²) in [6.45, 7) is 1.90. The number of H-pyrrole nitrogens is 1. The maximum Gasteiger partial charge on any atom is 0.338 e. The molecule has 2 aromatic carbocycles. The fraction of sp³-hybridized carbons (Fsp3) is 0.0833. The van der Waals surface area contributed by atoms with Crippen LogP contribution in [0.5, 0.6) is 5.88 Å². The minimum absolute atomic E-state index is 0.215. The highest BCUT2D eigenvalue weighted by molar-refractivity contribution is 6.33.